The summed E-state index contributed by atoms with van der Waals surface area (Å²) in [4.78, 5) is 0. The first-order valence-corrected chi connectivity index (χ1v) is 7.04. The Labute approximate surface area is 107 Å². The van der Waals surface area contributed by atoms with Crippen molar-refractivity contribution in [1.29, 1.82) is 0 Å². The second-order valence-electron chi connectivity index (χ2n) is 4.82. The molecule has 0 radical (unpaired) electrons. The molecule has 0 N–H and O–H groups in total. The van der Waals surface area contributed by atoms with Crippen LogP contribution in [0.25, 0.3) is 0 Å². The molecule has 0 aliphatic rings. The van der Waals surface area contributed by atoms with Crippen molar-refractivity contribution in [2.45, 2.75) is 57.8 Å². The van der Waals surface area contributed by atoms with Crippen LogP contribution in [0.3, 0.4) is 0 Å². The molecule has 0 bridgehead atoms. The third kappa shape index (κ3) is 5.72. The van der Waals surface area contributed by atoms with E-state index in [4.69, 9.17) is 0 Å². The molecule has 0 saturated carbocycles. The lowest BCUT2D eigenvalue weighted by atomic mass is 9.89. The molecular weight excluding hydrogens is 204 g/mol. The Kier molecular flexibility index (Phi) is 7.46. The van der Waals surface area contributed by atoms with Gasteiger partial charge in [-0.25, -0.2) is 0 Å². The van der Waals surface area contributed by atoms with E-state index in [1.807, 2.05) is 6.08 Å². The molecule has 0 heteroatoms. The van der Waals surface area contributed by atoms with Crippen molar-refractivity contribution in [3.8, 4) is 0 Å². The summed E-state index contributed by atoms with van der Waals surface area (Å²) in [6, 6.07) is 11.0. The smallest absolute Gasteiger partial charge is 0.0159 e. The summed E-state index contributed by atoms with van der Waals surface area (Å²) in [5.74, 6) is 0.728. The predicted octanol–water partition coefficient (Wildman–Crippen LogP) is 5.71. The minimum atomic E-state index is 0.728. The van der Waals surface area contributed by atoms with E-state index in [1.54, 1.807) is 0 Å². The molecule has 1 unspecified atom stereocenters. The second-order valence-corrected chi connectivity index (χ2v) is 4.82. The maximum atomic E-state index is 3.84. The van der Waals surface area contributed by atoms with Gasteiger partial charge in [-0.1, -0.05) is 69.0 Å². The maximum Gasteiger partial charge on any atom is -0.0159 e. The van der Waals surface area contributed by atoms with Gasteiger partial charge >= 0.3 is 0 Å². The van der Waals surface area contributed by atoms with Crippen molar-refractivity contribution in [2.75, 3.05) is 0 Å². The van der Waals surface area contributed by atoms with E-state index < -0.39 is 0 Å². The average Bonchev–Trinajstić information content (AvgIpc) is 2.39. The van der Waals surface area contributed by atoms with Gasteiger partial charge in [-0.3, -0.25) is 0 Å². The van der Waals surface area contributed by atoms with Gasteiger partial charge in [0.1, 0.15) is 0 Å². The SMILES string of the molecule is C=CCCC(CCCCCC)c1ccccc1. The van der Waals surface area contributed by atoms with Crippen LogP contribution >= 0.6 is 0 Å². The van der Waals surface area contributed by atoms with Crippen molar-refractivity contribution in [2.24, 2.45) is 0 Å². The first-order valence-electron chi connectivity index (χ1n) is 7.04. The molecule has 0 saturated heterocycles. The summed E-state index contributed by atoms with van der Waals surface area (Å²) in [5.41, 5.74) is 1.51. The van der Waals surface area contributed by atoms with Crippen molar-refractivity contribution in [3.63, 3.8) is 0 Å². The van der Waals surface area contributed by atoms with Crippen LogP contribution in [0.2, 0.25) is 0 Å². The summed E-state index contributed by atoms with van der Waals surface area (Å²) in [6.45, 7) is 6.11. The molecule has 1 atom stereocenters. The fraction of sp³-hybridized carbons (Fsp3) is 0.529. The molecule has 1 rings (SSSR count). The first-order chi connectivity index (χ1) is 8.38. The lowest BCUT2D eigenvalue weighted by Crippen LogP contribution is -1.98. The lowest BCUT2D eigenvalue weighted by Gasteiger charge is -2.16. The number of unbranched alkanes of at least 4 members (excludes halogenated alkanes) is 3. The largest absolute Gasteiger partial charge is 0.103 e. The fourth-order valence-electron chi connectivity index (χ4n) is 2.34. The van der Waals surface area contributed by atoms with Gasteiger partial charge in [0.05, 0.1) is 0 Å². The van der Waals surface area contributed by atoms with Crippen LogP contribution in [-0.2, 0) is 0 Å². The van der Waals surface area contributed by atoms with Crippen molar-refractivity contribution in [1.82, 2.24) is 0 Å². The number of hydrogen-bond acceptors (Lipinski definition) is 0. The van der Waals surface area contributed by atoms with E-state index in [1.165, 1.54) is 44.1 Å². The molecule has 17 heavy (non-hydrogen) atoms. The number of allylic oxidation sites excluding steroid dienone is 1. The van der Waals surface area contributed by atoms with Crippen LogP contribution in [0.1, 0.15) is 63.4 Å². The normalized spacial score (nSPS) is 12.3. The Morgan fingerprint density at radius 2 is 1.82 bits per heavy atom. The molecule has 0 aromatic heterocycles. The van der Waals surface area contributed by atoms with Gasteiger partial charge in [-0.15, -0.1) is 6.58 Å². The van der Waals surface area contributed by atoms with Crippen LogP contribution in [0.15, 0.2) is 43.0 Å². The summed E-state index contributed by atoms with van der Waals surface area (Å²) < 4.78 is 0. The highest BCUT2D eigenvalue weighted by Gasteiger charge is 2.09. The van der Waals surface area contributed by atoms with E-state index in [0.29, 0.717) is 0 Å². The molecule has 0 aliphatic heterocycles. The highest BCUT2D eigenvalue weighted by molar-refractivity contribution is 5.19. The van der Waals surface area contributed by atoms with E-state index in [0.717, 1.165) is 12.3 Å². The minimum absolute atomic E-state index is 0.728. The zero-order valence-corrected chi connectivity index (χ0v) is 11.2. The molecule has 0 nitrogen and oxygen atoms in total. The molecule has 0 aliphatic carbocycles. The van der Waals surface area contributed by atoms with Crippen LogP contribution < -0.4 is 0 Å². The van der Waals surface area contributed by atoms with Crippen LogP contribution in [-0.4, -0.2) is 0 Å². The fourth-order valence-corrected chi connectivity index (χ4v) is 2.34. The second kappa shape index (κ2) is 9.04. The van der Waals surface area contributed by atoms with Gasteiger partial charge in [0, 0.05) is 0 Å². The zero-order valence-electron chi connectivity index (χ0n) is 11.2. The molecule has 1 aromatic rings. The highest BCUT2D eigenvalue weighted by atomic mass is 14.1. The highest BCUT2D eigenvalue weighted by Crippen LogP contribution is 2.27. The topological polar surface area (TPSA) is 0 Å². The van der Waals surface area contributed by atoms with Crippen molar-refractivity contribution in [3.05, 3.63) is 48.6 Å². The zero-order chi connectivity index (χ0) is 12.3. The first kappa shape index (κ1) is 14.0. The van der Waals surface area contributed by atoms with Crippen LogP contribution in [0.5, 0.6) is 0 Å². The summed E-state index contributed by atoms with van der Waals surface area (Å²) in [6.07, 6.45) is 11.2. The molecular formula is C17H26. The number of rotatable bonds is 9. The van der Waals surface area contributed by atoms with Crippen molar-refractivity contribution >= 4 is 0 Å². The Bertz CT molecular complexity index is 286. The Morgan fingerprint density at radius 1 is 1.06 bits per heavy atom. The van der Waals surface area contributed by atoms with Crippen molar-refractivity contribution < 1.29 is 0 Å². The quantitative estimate of drug-likeness (QED) is 0.376. The number of hydrogen-bond donors (Lipinski definition) is 0. The van der Waals surface area contributed by atoms with E-state index >= 15 is 0 Å². The Morgan fingerprint density at radius 3 is 2.47 bits per heavy atom. The van der Waals surface area contributed by atoms with Gasteiger partial charge in [-0.2, -0.15) is 0 Å². The third-order valence-corrected chi connectivity index (χ3v) is 3.40. The summed E-state index contributed by atoms with van der Waals surface area (Å²) >= 11 is 0. The van der Waals surface area contributed by atoms with Gasteiger partial charge in [0.2, 0.25) is 0 Å². The van der Waals surface area contributed by atoms with Crippen LogP contribution in [0, 0.1) is 0 Å². The molecule has 0 amide bonds. The van der Waals surface area contributed by atoms with Gasteiger partial charge in [-0.05, 0) is 30.7 Å². The number of benzene rings is 1. The molecule has 0 fully saturated rings. The van der Waals surface area contributed by atoms with Gasteiger partial charge in [0.15, 0.2) is 0 Å². The van der Waals surface area contributed by atoms with Gasteiger partial charge in [0.25, 0.3) is 0 Å². The third-order valence-electron chi connectivity index (χ3n) is 3.40. The standard InChI is InChI=1S/C17H26/c1-3-5-7-9-13-16(12-6-4-2)17-14-10-8-11-15-17/h4,8,10-11,14-16H,2-3,5-7,9,12-13H2,1H3. The summed E-state index contributed by atoms with van der Waals surface area (Å²) in [7, 11) is 0. The van der Waals surface area contributed by atoms with E-state index in [-0.39, 0.29) is 0 Å². The Hall–Kier alpha value is -1.04. The van der Waals surface area contributed by atoms with Crippen LogP contribution in [0.4, 0.5) is 0 Å². The van der Waals surface area contributed by atoms with E-state index in [9.17, 15) is 0 Å². The Balaban J connectivity index is 2.45. The molecule has 0 heterocycles. The maximum absolute atomic E-state index is 3.84. The lowest BCUT2D eigenvalue weighted by molar-refractivity contribution is 0.529. The van der Waals surface area contributed by atoms with E-state index in [2.05, 4.69) is 43.8 Å². The molecule has 94 valence electrons. The molecule has 1 aromatic carbocycles. The summed E-state index contributed by atoms with van der Waals surface area (Å²) in [5, 5.41) is 0. The monoisotopic (exact) mass is 230 g/mol. The minimum Gasteiger partial charge on any atom is -0.103 e. The average molecular weight is 230 g/mol. The predicted molar refractivity (Wildman–Crippen MR) is 77.4 cm³/mol. The molecule has 0 spiro atoms. The van der Waals surface area contributed by atoms with Gasteiger partial charge < -0.3 is 0 Å².